The Labute approximate surface area is 154 Å². The number of halogens is 2. The van der Waals surface area contributed by atoms with E-state index in [1.54, 1.807) is 11.3 Å². The lowest BCUT2D eigenvalue weighted by Gasteiger charge is -2.11. The van der Waals surface area contributed by atoms with Crippen LogP contribution in [-0.2, 0) is 0 Å². The molecule has 3 rings (SSSR count). The van der Waals surface area contributed by atoms with Gasteiger partial charge in [-0.25, -0.2) is 0 Å². The first-order chi connectivity index (χ1) is 11.0. The Morgan fingerprint density at radius 1 is 1.00 bits per heavy atom. The van der Waals surface area contributed by atoms with E-state index in [1.165, 1.54) is 4.88 Å². The summed E-state index contributed by atoms with van der Waals surface area (Å²) >= 11 is 19.8. The molecule has 1 N–H and O–H groups in total. The Morgan fingerprint density at radius 2 is 1.78 bits per heavy atom. The number of nitrogens with one attached hydrogen (secondary N) is 1. The minimum absolute atomic E-state index is 0.623. The number of para-hydroxylation sites is 1. The molecule has 0 fully saturated rings. The third-order valence-corrected chi connectivity index (χ3v) is 5.56. The number of rotatable bonds is 4. The summed E-state index contributed by atoms with van der Waals surface area (Å²) in [5.74, 6) is 0. The number of hydrogen-bond acceptors (Lipinski definition) is 3. The molecule has 0 amide bonds. The molecule has 116 valence electrons. The summed E-state index contributed by atoms with van der Waals surface area (Å²) in [4.78, 5) is 3.07. The van der Waals surface area contributed by atoms with Crippen molar-refractivity contribution in [3.8, 4) is 0 Å². The molecular formula is C18H13Cl2NS2. The maximum Gasteiger partial charge on any atom is 0.0640 e. The highest BCUT2D eigenvalue weighted by molar-refractivity contribution is 7.81. The third-order valence-electron chi connectivity index (χ3n) is 3.33. The molecule has 2 aromatic carbocycles. The molecule has 0 saturated carbocycles. The summed E-state index contributed by atoms with van der Waals surface area (Å²) in [7, 11) is 0. The summed E-state index contributed by atoms with van der Waals surface area (Å²) in [5, 5.41) is 4.55. The average molecular weight is 378 g/mol. The molecule has 0 spiro atoms. The Balaban J connectivity index is 1.86. The summed E-state index contributed by atoms with van der Waals surface area (Å²) < 4.78 is 0. The maximum atomic E-state index is 6.43. The molecule has 0 unspecified atom stereocenters. The predicted molar refractivity (Wildman–Crippen MR) is 106 cm³/mol. The second kappa shape index (κ2) is 7.02. The fourth-order valence-electron chi connectivity index (χ4n) is 2.18. The second-order valence-corrected chi connectivity index (χ2v) is 7.55. The number of anilines is 2. The first kappa shape index (κ1) is 16.5. The minimum Gasteiger partial charge on any atom is -0.354 e. The van der Waals surface area contributed by atoms with Gasteiger partial charge in [0.15, 0.2) is 0 Å². The largest absolute Gasteiger partial charge is 0.354 e. The Hall–Kier alpha value is -1.39. The van der Waals surface area contributed by atoms with Crippen LogP contribution in [0.1, 0.15) is 15.3 Å². The van der Waals surface area contributed by atoms with Gasteiger partial charge in [-0.15, -0.1) is 11.3 Å². The Morgan fingerprint density at radius 3 is 2.43 bits per heavy atom. The van der Waals surface area contributed by atoms with E-state index in [2.05, 4.69) is 18.3 Å². The zero-order valence-electron chi connectivity index (χ0n) is 12.3. The molecule has 1 heterocycles. The van der Waals surface area contributed by atoms with Gasteiger partial charge in [-0.2, -0.15) is 0 Å². The molecule has 0 radical (unpaired) electrons. The molecule has 3 aromatic rings. The molecule has 0 aliphatic carbocycles. The van der Waals surface area contributed by atoms with Crippen LogP contribution in [-0.4, -0.2) is 4.86 Å². The van der Waals surface area contributed by atoms with Gasteiger partial charge in [-0.05, 0) is 49.4 Å². The van der Waals surface area contributed by atoms with Crippen molar-refractivity contribution in [2.75, 3.05) is 5.32 Å². The SMILES string of the molecule is Cc1ccc(C(=S)c2ccc(Nc3ccccc3Cl)cc2Cl)s1. The van der Waals surface area contributed by atoms with Crippen molar-refractivity contribution in [1.82, 2.24) is 0 Å². The zero-order valence-corrected chi connectivity index (χ0v) is 15.4. The van der Waals surface area contributed by atoms with Crippen molar-refractivity contribution in [2.45, 2.75) is 6.92 Å². The fraction of sp³-hybridized carbons (Fsp3) is 0.0556. The van der Waals surface area contributed by atoms with Crippen molar-refractivity contribution >= 4 is 63.0 Å². The summed E-state index contributed by atoms with van der Waals surface area (Å²) in [5.41, 5.74) is 2.58. The Bertz CT molecular complexity index is 871. The number of aryl methyl sites for hydroxylation is 1. The number of hydrogen-bond donors (Lipinski definition) is 1. The van der Waals surface area contributed by atoms with Crippen LogP contribution in [0.15, 0.2) is 54.6 Å². The minimum atomic E-state index is 0.623. The smallest absolute Gasteiger partial charge is 0.0640 e. The highest BCUT2D eigenvalue weighted by Gasteiger charge is 2.11. The van der Waals surface area contributed by atoms with Crippen LogP contribution < -0.4 is 5.32 Å². The molecule has 0 bridgehead atoms. The van der Waals surface area contributed by atoms with Gasteiger partial charge < -0.3 is 5.32 Å². The molecule has 1 aromatic heterocycles. The standard InChI is InChI=1S/C18H13Cl2NS2/c1-11-6-9-17(23-11)18(22)13-8-7-12(10-15(13)20)21-16-5-3-2-4-14(16)19/h2-10,21H,1H3. The van der Waals surface area contributed by atoms with E-state index in [4.69, 9.17) is 35.4 Å². The molecule has 23 heavy (non-hydrogen) atoms. The first-order valence-electron chi connectivity index (χ1n) is 6.97. The molecule has 5 heteroatoms. The van der Waals surface area contributed by atoms with Gasteiger partial charge in [0.05, 0.1) is 20.6 Å². The monoisotopic (exact) mass is 377 g/mol. The lowest BCUT2D eigenvalue weighted by molar-refractivity contribution is 1.54. The highest BCUT2D eigenvalue weighted by Crippen LogP contribution is 2.30. The van der Waals surface area contributed by atoms with Crippen LogP contribution in [0.4, 0.5) is 11.4 Å². The number of thiophene rings is 1. The molecule has 0 aliphatic heterocycles. The van der Waals surface area contributed by atoms with E-state index in [-0.39, 0.29) is 0 Å². The van der Waals surface area contributed by atoms with Crippen LogP contribution in [0.5, 0.6) is 0 Å². The van der Waals surface area contributed by atoms with Crippen LogP contribution in [0, 0.1) is 6.92 Å². The first-order valence-corrected chi connectivity index (χ1v) is 8.95. The lowest BCUT2D eigenvalue weighted by Crippen LogP contribution is -1.99. The zero-order chi connectivity index (χ0) is 16.4. The molecule has 0 aliphatic rings. The molecular weight excluding hydrogens is 365 g/mol. The summed E-state index contributed by atoms with van der Waals surface area (Å²) in [6.45, 7) is 2.06. The molecule has 0 saturated heterocycles. The predicted octanol–water partition coefficient (Wildman–Crippen LogP) is 6.87. The van der Waals surface area contributed by atoms with Gasteiger partial charge in [0.25, 0.3) is 0 Å². The quantitative estimate of drug-likeness (QED) is 0.393. The van der Waals surface area contributed by atoms with Gasteiger partial charge in [0.2, 0.25) is 0 Å². The fourth-order valence-corrected chi connectivity index (χ4v) is 3.89. The second-order valence-electron chi connectivity index (χ2n) is 5.04. The van der Waals surface area contributed by atoms with Crippen LogP contribution in [0.3, 0.4) is 0 Å². The van der Waals surface area contributed by atoms with E-state index in [0.29, 0.717) is 10.0 Å². The van der Waals surface area contributed by atoms with Gasteiger partial charge in [-0.3, -0.25) is 0 Å². The third kappa shape index (κ3) is 3.75. The van der Waals surface area contributed by atoms with Crippen LogP contribution in [0.25, 0.3) is 0 Å². The number of benzene rings is 2. The van der Waals surface area contributed by atoms with E-state index >= 15 is 0 Å². The highest BCUT2D eigenvalue weighted by atomic mass is 35.5. The van der Waals surface area contributed by atoms with Crippen molar-refractivity contribution in [1.29, 1.82) is 0 Å². The maximum absolute atomic E-state index is 6.43. The Kier molecular flexibility index (Phi) is 5.02. The normalized spacial score (nSPS) is 10.6. The van der Waals surface area contributed by atoms with Crippen molar-refractivity contribution in [2.24, 2.45) is 0 Å². The van der Waals surface area contributed by atoms with Gasteiger partial charge in [-0.1, -0.05) is 47.6 Å². The van der Waals surface area contributed by atoms with E-state index in [0.717, 1.165) is 26.7 Å². The summed E-state index contributed by atoms with van der Waals surface area (Å²) in [6, 6.07) is 17.5. The van der Waals surface area contributed by atoms with E-state index in [1.807, 2.05) is 48.5 Å². The van der Waals surface area contributed by atoms with E-state index < -0.39 is 0 Å². The molecule has 0 atom stereocenters. The van der Waals surface area contributed by atoms with Crippen LogP contribution >= 0.6 is 46.8 Å². The number of thiocarbonyl (C=S) groups is 1. The summed E-state index contributed by atoms with van der Waals surface area (Å²) in [6.07, 6.45) is 0. The van der Waals surface area contributed by atoms with Gasteiger partial charge in [0.1, 0.15) is 0 Å². The van der Waals surface area contributed by atoms with Gasteiger partial charge in [0, 0.05) is 21.0 Å². The topological polar surface area (TPSA) is 12.0 Å². The lowest BCUT2D eigenvalue weighted by atomic mass is 10.1. The average Bonchev–Trinajstić information content (AvgIpc) is 2.96. The van der Waals surface area contributed by atoms with Crippen molar-refractivity contribution in [3.63, 3.8) is 0 Å². The molecule has 1 nitrogen and oxygen atoms in total. The van der Waals surface area contributed by atoms with Crippen molar-refractivity contribution < 1.29 is 0 Å². The van der Waals surface area contributed by atoms with Crippen molar-refractivity contribution in [3.05, 3.63) is 80.0 Å². The van der Waals surface area contributed by atoms with Crippen LogP contribution in [0.2, 0.25) is 10.0 Å². The van der Waals surface area contributed by atoms with E-state index in [9.17, 15) is 0 Å². The van der Waals surface area contributed by atoms with Gasteiger partial charge >= 0.3 is 0 Å².